The first-order valence-corrected chi connectivity index (χ1v) is 10.6. The SMILES string of the molecule is Cc1cc(Cc2nc(NC3CCOCC3)c3c(ccn3-c3ccncc3)n2)sn1. The smallest absolute Gasteiger partial charge is 0.154 e. The van der Waals surface area contributed by atoms with E-state index in [1.54, 1.807) is 12.4 Å². The molecule has 0 bridgehead atoms. The highest BCUT2D eigenvalue weighted by atomic mass is 32.1. The molecule has 0 amide bonds. The van der Waals surface area contributed by atoms with Crippen molar-refractivity contribution in [2.75, 3.05) is 18.5 Å². The fourth-order valence-electron chi connectivity index (χ4n) is 3.68. The summed E-state index contributed by atoms with van der Waals surface area (Å²) in [6.07, 6.45) is 8.28. The van der Waals surface area contributed by atoms with Gasteiger partial charge in [-0.15, -0.1) is 0 Å². The minimum Gasteiger partial charge on any atom is -0.381 e. The third-order valence-corrected chi connectivity index (χ3v) is 5.97. The van der Waals surface area contributed by atoms with Crippen LogP contribution < -0.4 is 5.32 Å². The van der Waals surface area contributed by atoms with E-state index in [4.69, 9.17) is 14.7 Å². The van der Waals surface area contributed by atoms with Crippen LogP contribution in [-0.4, -0.2) is 43.1 Å². The van der Waals surface area contributed by atoms with Crippen LogP contribution in [0.15, 0.2) is 42.9 Å². The molecule has 4 aromatic heterocycles. The zero-order valence-electron chi connectivity index (χ0n) is 16.2. The molecule has 0 aromatic carbocycles. The number of rotatable bonds is 5. The fourth-order valence-corrected chi connectivity index (χ4v) is 4.41. The summed E-state index contributed by atoms with van der Waals surface area (Å²) in [5.74, 6) is 1.68. The first-order chi connectivity index (χ1) is 14.3. The Bertz CT molecular complexity index is 1120. The predicted octanol–water partition coefficient (Wildman–Crippen LogP) is 3.76. The number of anilines is 1. The minimum atomic E-state index is 0.348. The van der Waals surface area contributed by atoms with Gasteiger partial charge in [0, 0.05) is 54.8 Å². The lowest BCUT2D eigenvalue weighted by Crippen LogP contribution is -2.28. The van der Waals surface area contributed by atoms with E-state index in [-0.39, 0.29) is 0 Å². The zero-order valence-corrected chi connectivity index (χ0v) is 17.0. The highest BCUT2D eigenvalue weighted by Gasteiger charge is 2.19. The molecular formula is C21H22N6OS. The van der Waals surface area contributed by atoms with Crippen molar-refractivity contribution in [2.24, 2.45) is 0 Å². The standard InChI is InChI=1S/C21H22N6OS/c1-14-12-17(29-26-14)13-19-24-18-4-9-27(16-2-7-22-8-3-16)20(18)21(25-19)23-15-5-10-28-11-6-15/h2-4,7-9,12,15H,5-6,10-11,13H2,1H3,(H,23,24,25). The van der Waals surface area contributed by atoms with Crippen LogP contribution in [0.4, 0.5) is 5.82 Å². The Labute approximate surface area is 173 Å². The second-order valence-corrected chi connectivity index (χ2v) is 8.15. The van der Waals surface area contributed by atoms with Crippen LogP contribution in [-0.2, 0) is 11.2 Å². The van der Waals surface area contributed by atoms with Crippen molar-refractivity contribution < 1.29 is 4.74 Å². The Kier molecular flexibility index (Phi) is 4.95. The summed E-state index contributed by atoms with van der Waals surface area (Å²) in [5, 5.41) is 3.67. The van der Waals surface area contributed by atoms with E-state index in [2.05, 4.69) is 25.3 Å². The maximum atomic E-state index is 5.52. The molecule has 148 valence electrons. The van der Waals surface area contributed by atoms with Crippen LogP contribution in [0.25, 0.3) is 16.7 Å². The molecule has 8 heteroatoms. The van der Waals surface area contributed by atoms with Crippen molar-refractivity contribution in [3.8, 4) is 5.69 Å². The third-order valence-electron chi connectivity index (χ3n) is 5.09. The van der Waals surface area contributed by atoms with Gasteiger partial charge < -0.3 is 14.6 Å². The second kappa shape index (κ2) is 7.88. The Hall–Kier alpha value is -2.84. The van der Waals surface area contributed by atoms with Gasteiger partial charge in [-0.2, -0.15) is 4.37 Å². The first-order valence-electron chi connectivity index (χ1n) is 9.81. The molecule has 1 aliphatic rings. The molecule has 5 heterocycles. The Morgan fingerprint density at radius 1 is 1.17 bits per heavy atom. The lowest BCUT2D eigenvalue weighted by Gasteiger charge is -2.24. The summed E-state index contributed by atoms with van der Waals surface area (Å²) in [4.78, 5) is 15.1. The van der Waals surface area contributed by atoms with Gasteiger partial charge in [-0.25, -0.2) is 9.97 Å². The molecule has 0 radical (unpaired) electrons. The molecule has 1 aliphatic heterocycles. The van der Waals surface area contributed by atoms with Crippen LogP contribution in [0, 0.1) is 6.92 Å². The van der Waals surface area contributed by atoms with Crippen LogP contribution in [0.1, 0.15) is 29.2 Å². The summed E-state index contributed by atoms with van der Waals surface area (Å²) >= 11 is 1.51. The van der Waals surface area contributed by atoms with E-state index in [0.29, 0.717) is 12.5 Å². The maximum absolute atomic E-state index is 5.52. The van der Waals surface area contributed by atoms with Gasteiger partial charge in [-0.3, -0.25) is 4.98 Å². The molecule has 0 spiro atoms. The van der Waals surface area contributed by atoms with Gasteiger partial charge in [0.1, 0.15) is 11.3 Å². The third kappa shape index (κ3) is 3.86. The number of aryl methyl sites for hydroxylation is 1. The molecule has 5 rings (SSSR count). The van der Waals surface area contributed by atoms with E-state index < -0.39 is 0 Å². The number of hydrogen-bond acceptors (Lipinski definition) is 7. The normalized spacial score (nSPS) is 15.1. The number of nitrogens with zero attached hydrogens (tertiary/aromatic N) is 5. The lowest BCUT2D eigenvalue weighted by molar-refractivity contribution is 0.0904. The van der Waals surface area contributed by atoms with Gasteiger partial charge in [0.05, 0.1) is 11.2 Å². The average molecular weight is 407 g/mol. The Balaban J connectivity index is 1.58. The molecule has 0 unspecified atom stereocenters. The van der Waals surface area contributed by atoms with E-state index in [1.165, 1.54) is 16.4 Å². The summed E-state index contributed by atoms with van der Waals surface area (Å²) in [6.45, 7) is 3.57. The molecule has 1 saturated heterocycles. The van der Waals surface area contributed by atoms with Crippen molar-refractivity contribution >= 4 is 28.4 Å². The van der Waals surface area contributed by atoms with Crippen molar-refractivity contribution in [2.45, 2.75) is 32.2 Å². The molecule has 1 fully saturated rings. The predicted molar refractivity (Wildman–Crippen MR) is 114 cm³/mol. The molecule has 7 nitrogen and oxygen atoms in total. The summed E-state index contributed by atoms with van der Waals surface area (Å²) < 4.78 is 12.0. The van der Waals surface area contributed by atoms with Crippen molar-refractivity contribution in [3.05, 3.63) is 59.3 Å². The van der Waals surface area contributed by atoms with Crippen molar-refractivity contribution in [1.29, 1.82) is 0 Å². The Morgan fingerprint density at radius 3 is 2.76 bits per heavy atom. The monoisotopic (exact) mass is 406 g/mol. The van der Waals surface area contributed by atoms with Gasteiger partial charge in [-0.1, -0.05) is 0 Å². The average Bonchev–Trinajstić information content (AvgIpc) is 3.36. The van der Waals surface area contributed by atoms with E-state index in [9.17, 15) is 0 Å². The van der Waals surface area contributed by atoms with Gasteiger partial charge in [-0.05, 0) is 55.6 Å². The summed E-state index contributed by atoms with van der Waals surface area (Å²) in [5.41, 5.74) is 4.00. The molecule has 0 aliphatic carbocycles. The van der Waals surface area contributed by atoms with E-state index >= 15 is 0 Å². The quantitative estimate of drug-likeness (QED) is 0.544. The molecular weight excluding hydrogens is 384 g/mol. The van der Waals surface area contributed by atoms with E-state index in [0.717, 1.165) is 60.1 Å². The molecule has 29 heavy (non-hydrogen) atoms. The van der Waals surface area contributed by atoms with Crippen LogP contribution in [0.3, 0.4) is 0 Å². The van der Waals surface area contributed by atoms with Crippen LogP contribution in [0.5, 0.6) is 0 Å². The van der Waals surface area contributed by atoms with Gasteiger partial charge in [0.15, 0.2) is 5.82 Å². The number of pyridine rings is 1. The Morgan fingerprint density at radius 2 is 2.00 bits per heavy atom. The highest BCUT2D eigenvalue weighted by molar-refractivity contribution is 7.05. The lowest BCUT2D eigenvalue weighted by atomic mass is 10.1. The maximum Gasteiger partial charge on any atom is 0.154 e. The second-order valence-electron chi connectivity index (χ2n) is 7.26. The topological polar surface area (TPSA) is 77.8 Å². The number of ether oxygens (including phenoxy) is 1. The van der Waals surface area contributed by atoms with E-state index in [1.807, 2.05) is 31.3 Å². The fraction of sp³-hybridized carbons (Fsp3) is 0.333. The molecule has 0 saturated carbocycles. The molecule has 4 aromatic rings. The summed E-state index contributed by atoms with van der Waals surface area (Å²) in [7, 11) is 0. The van der Waals surface area contributed by atoms with Crippen LogP contribution >= 0.6 is 11.5 Å². The molecule has 1 N–H and O–H groups in total. The highest BCUT2D eigenvalue weighted by Crippen LogP contribution is 2.28. The van der Waals surface area contributed by atoms with Crippen molar-refractivity contribution in [1.82, 2.24) is 23.9 Å². The van der Waals surface area contributed by atoms with Gasteiger partial charge >= 0.3 is 0 Å². The first kappa shape index (κ1) is 18.2. The molecule has 0 atom stereocenters. The summed E-state index contributed by atoms with van der Waals surface area (Å²) in [6, 6.07) is 8.48. The minimum absolute atomic E-state index is 0.348. The zero-order chi connectivity index (χ0) is 19.6. The van der Waals surface area contributed by atoms with Gasteiger partial charge in [0.25, 0.3) is 0 Å². The van der Waals surface area contributed by atoms with Gasteiger partial charge in [0.2, 0.25) is 0 Å². The van der Waals surface area contributed by atoms with Crippen molar-refractivity contribution in [3.63, 3.8) is 0 Å². The number of fused-ring (bicyclic) bond motifs is 1. The number of nitrogens with one attached hydrogen (secondary N) is 1. The number of hydrogen-bond donors (Lipinski definition) is 1. The largest absolute Gasteiger partial charge is 0.381 e. The van der Waals surface area contributed by atoms with Crippen LogP contribution in [0.2, 0.25) is 0 Å². The number of aromatic nitrogens is 5.